The molecule has 0 saturated carbocycles. The summed E-state index contributed by atoms with van der Waals surface area (Å²) in [4.78, 5) is 2.79. The van der Waals surface area contributed by atoms with Crippen molar-refractivity contribution in [2.75, 3.05) is 25.5 Å². The van der Waals surface area contributed by atoms with Gasteiger partial charge in [0.15, 0.2) is 0 Å². The van der Waals surface area contributed by atoms with Gasteiger partial charge in [0, 0.05) is 23.8 Å². The van der Waals surface area contributed by atoms with Gasteiger partial charge in [-0.05, 0) is 58.5 Å². The quantitative estimate of drug-likeness (QED) is 0.595. The van der Waals surface area contributed by atoms with Crippen molar-refractivity contribution in [2.45, 2.75) is 33.2 Å². The van der Waals surface area contributed by atoms with Crippen LogP contribution in [-0.2, 0) is 0 Å². The van der Waals surface area contributed by atoms with Gasteiger partial charge in [-0.3, -0.25) is 0 Å². The molecule has 3 nitrogen and oxygen atoms in total. The minimum absolute atomic E-state index is 0.446. The summed E-state index contributed by atoms with van der Waals surface area (Å²) in [6.07, 6.45) is 1.10. The molecule has 0 unspecified atom stereocenters. The summed E-state index contributed by atoms with van der Waals surface area (Å²) >= 11 is 5.08. The fraction of sp³-hybridized carbons (Fsp3) is 0.533. The van der Waals surface area contributed by atoms with Gasteiger partial charge in [0.25, 0.3) is 0 Å². The Hall–Kier alpha value is -1.13. The molecule has 0 aromatic heterocycles. The van der Waals surface area contributed by atoms with Crippen molar-refractivity contribution in [3.05, 3.63) is 29.3 Å². The second-order valence-corrected chi connectivity index (χ2v) is 5.71. The number of rotatable bonds is 7. The van der Waals surface area contributed by atoms with E-state index in [9.17, 15) is 0 Å². The highest BCUT2D eigenvalue weighted by molar-refractivity contribution is 7.80. The lowest BCUT2D eigenvalue weighted by molar-refractivity contribution is 0.273. The van der Waals surface area contributed by atoms with Crippen LogP contribution in [0.25, 0.3) is 0 Å². The Morgan fingerprint density at radius 2 is 2.11 bits per heavy atom. The minimum Gasteiger partial charge on any atom is -0.389 e. The third-order valence-corrected chi connectivity index (χ3v) is 3.55. The van der Waals surface area contributed by atoms with E-state index >= 15 is 0 Å². The third-order valence-electron chi connectivity index (χ3n) is 3.33. The SMILES string of the molecule is Cc1ccc(C(N)=S)c(NCCCN(C)C(C)C)c1. The number of nitrogens with zero attached hydrogens (tertiary/aromatic N) is 1. The number of aryl methyl sites for hydroxylation is 1. The van der Waals surface area contributed by atoms with Gasteiger partial charge in [-0.15, -0.1) is 0 Å². The first-order valence-corrected chi connectivity index (χ1v) is 7.17. The topological polar surface area (TPSA) is 41.3 Å². The van der Waals surface area contributed by atoms with Gasteiger partial charge in [0.2, 0.25) is 0 Å². The van der Waals surface area contributed by atoms with Gasteiger partial charge >= 0.3 is 0 Å². The summed E-state index contributed by atoms with van der Waals surface area (Å²) in [5, 5.41) is 3.44. The molecule has 106 valence electrons. The van der Waals surface area contributed by atoms with Crippen molar-refractivity contribution < 1.29 is 0 Å². The fourth-order valence-corrected chi connectivity index (χ4v) is 2.01. The maximum absolute atomic E-state index is 5.74. The molecular weight excluding hydrogens is 254 g/mol. The number of benzene rings is 1. The molecule has 0 aliphatic carbocycles. The van der Waals surface area contributed by atoms with E-state index in [1.54, 1.807) is 0 Å². The molecule has 1 rings (SSSR count). The van der Waals surface area contributed by atoms with Crippen LogP contribution in [0.1, 0.15) is 31.4 Å². The third kappa shape index (κ3) is 5.17. The average Bonchev–Trinajstić information content (AvgIpc) is 2.33. The first-order valence-electron chi connectivity index (χ1n) is 6.76. The zero-order chi connectivity index (χ0) is 14.4. The summed E-state index contributed by atoms with van der Waals surface area (Å²) in [5.74, 6) is 0. The number of hydrogen-bond donors (Lipinski definition) is 2. The van der Waals surface area contributed by atoms with Crippen molar-refractivity contribution >= 4 is 22.9 Å². The van der Waals surface area contributed by atoms with E-state index in [4.69, 9.17) is 18.0 Å². The molecule has 0 saturated heterocycles. The van der Waals surface area contributed by atoms with Gasteiger partial charge in [-0.1, -0.05) is 18.3 Å². The molecule has 19 heavy (non-hydrogen) atoms. The second kappa shape index (κ2) is 7.46. The first-order chi connectivity index (χ1) is 8.91. The molecule has 0 atom stereocenters. The number of hydrogen-bond acceptors (Lipinski definition) is 3. The molecule has 0 amide bonds. The fourth-order valence-electron chi connectivity index (χ4n) is 1.83. The lowest BCUT2D eigenvalue weighted by Gasteiger charge is -2.21. The van der Waals surface area contributed by atoms with Gasteiger partial charge in [0.05, 0.1) is 0 Å². The molecule has 4 heteroatoms. The molecule has 3 N–H and O–H groups in total. The largest absolute Gasteiger partial charge is 0.389 e. The molecule has 0 radical (unpaired) electrons. The number of nitrogens with one attached hydrogen (secondary N) is 1. The van der Waals surface area contributed by atoms with Crippen molar-refractivity contribution in [3.63, 3.8) is 0 Å². The molecule has 0 spiro atoms. The van der Waals surface area contributed by atoms with E-state index < -0.39 is 0 Å². The van der Waals surface area contributed by atoms with E-state index in [1.807, 2.05) is 12.1 Å². The Bertz CT molecular complexity index is 429. The van der Waals surface area contributed by atoms with Crippen LogP contribution >= 0.6 is 12.2 Å². The van der Waals surface area contributed by atoms with Gasteiger partial charge in [-0.25, -0.2) is 0 Å². The Kier molecular flexibility index (Phi) is 6.25. The lowest BCUT2D eigenvalue weighted by Crippen LogP contribution is -2.28. The molecule has 0 aliphatic rings. The molecule has 0 bridgehead atoms. The van der Waals surface area contributed by atoms with Crippen LogP contribution in [0.3, 0.4) is 0 Å². The van der Waals surface area contributed by atoms with Gasteiger partial charge < -0.3 is 16.0 Å². The second-order valence-electron chi connectivity index (χ2n) is 5.27. The number of anilines is 1. The standard InChI is InChI=1S/C15H25N3S/c1-11(2)18(4)9-5-8-17-14-10-12(3)6-7-13(14)15(16)19/h6-7,10-11,17H,5,8-9H2,1-4H3,(H2,16,19). The van der Waals surface area contributed by atoms with E-state index in [-0.39, 0.29) is 0 Å². The molecule has 0 aliphatic heterocycles. The average molecular weight is 279 g/mol. The van der Waals surface area contributed by atoms with Crippen LogP contribution < -0.4 is 11.1 Å². The first kappa shape index (κ1) is 15.9. The summed E-state index contributed by atoms with van der Waals surface area (Å²) in [5.41, 5.74) is 8.92. The number of nitrogens with two attached hydrogens (primary N) is 1. The van der Waals surface area contributed by atoms with Gasteiger partial charge in [-0.2, -0.15) is 0 Å². The van der Waals surface area contributed by atoms with Crippen LogP contribution in [0.2, 0.25) is 0 Å². The Labute approximate surface area is 122 Å². The summed E-state index contributed by atoms with van der Waals surface area (Å²) in [6.45, 7) is 8.49. The van der Waals surface area contributed by atoms with Crippen molar-refractivity contribution in [1.29, 1.82) is 0 Å². The minimum atomic E-state index is 0.446. The normalized spacial score (nSPS) is 11.1. The van der Waals surface area contributed by atoms with Crippen LogP contribution in [-0.4, -0.2) is 36.1 Å². The number of thiocarbonyl (C=S) groups is 1. The maximum atomic E-state index is 5.74. The van der Waals surface area contributed by atoms with E-state index in [1.165, 1.54) is 5.56 Å². The van der Waals surface area contributed by atoms with Crippen LogP contribution in [0.5, 0.6) is 0 Å². The predicted octanol–water partition coefficient (Wildman–Crippen LogP) is 2.77. The van der Waals surface area contributed by atoms with E-state index in [0.29, 0.717) is 11.0 Å². The monoisotopic (exact) mass is 279 g/mol. The zero-order valence-electron chi connectivity index (χ0n) is 12.4. The maximum Gasteiger partial charge on any atom is 0.106 e. The highest BCUT2D eigenvalue weighted by Gasteiger charge is 2.06. The highest BCUT2D eigenvalue weighted by atomic mass is 32.1. The molecule has 0 heterocycles. The van der Waals surface area contributed by atoms with E-state index in [0.717, 1.165) is 30.8 Å². The summed E-state index contributed by atoms with van der Waals surface area (Å²) in [7, 11) is 2.15. The molecular formula is C15H25N3S. The smallest absolute Gasteiger partial charge is 0.106 e. The van der Waals surface area contributed by atoms with Crippen LogP contribution in [0.4, 0.5) is 5.69 Å². The Morgan fingerprint density at radius 1 is 1.42 bits per heavy atom. The molecule has 0 fully saturated rings. The Balaban J connectivity index is 2.53. The molecule has 1 aromatic carbocycles. The van der Waals surface area contributed by atoms with E-state index in [2.05, 4.69) is 44.1 Å². The van der Waals surface area contributed by atoms with Crippen molar-refractivity contribution in [3.8, 4) is 0 Å². The van der Waals surface area contributed by atoms with Crippen LogP contribution in [0, 0.1) is 6.92 Å². The van der Waals surface area contributed by atoms with Crippen molar-refractivity contribution in [2.24, 2.45) is 5.73 Å². The predicted molar refractivity (Wildman–Crippen MR) is 87.9 cm³/mol. The van der Waals surface area contributed by atoms with Crippen LogP contribution in [0.15, 0.2) is 18.2 Å². The zero-order valence-corrected chi connectivity index (χ0v) is 13.2. The molecule has 1 aromatic rings. The Morgan fingerprint density at radius 3 is 2.68 bits per heavy atom. The van der Waals surface area contributed by atoms with Gasteiger partial charge in [0.1, 0.15) is 4.99 Å². The lowest BCUT2D eigenvalue weighted by atomic mass is 10.1. The van der Waals surface area contributed by atoms with Crippen molar-refractivity contribution in [1.82, 2.24) is 4.90 Å². The summed E-state index contributed by atoms with van der Waals surface area (Å²) in [6, 6.07) is 6.71. The summed E-state index contributed by atoms with van der Waals surface area (Å²) < 4.78 is 0. The highest BCUT2D eigenvalue weighted by Crippen LogP contribution is 2.17.